The molecule has 0 aliphatic carbocycles. The van der Waals surface area contributed by atoms with Crippen LogP contribution in [0.5, 0.6) is 5.75 Å². The highest BCUT2D eigenvalue weighted by molar-refractivity contribution is 7.13. The number of benzene rings is 2. The molecule has 1 aromatic heterocycles. The lowest BCUT2D eigenvalue weighted by atomic mass is 10.2. The van der Waals surface area contributed by atoms with Gasteiger partial charge < -0.3 is 20.1 Å². The lowest BCUT2D eigenvalue weighted by Gasteiger charge is -2.13. The molecule has 0 unspecified atom stereocenters. The molecule has 0 aliphatic heterocycles. The lowest BCUT2D eigenvalue weighted by molar-refractivity contribution is 0.0469. The highest BCUT2D eigenvalue weighted by Gasteiger charge is 2.16. The van der Waals surface area contributed by atoms with E-state index >= 15 is 0 Å². The molecule has 3 rings (SSSR count). The third-order valence-corrected chi connectivity index (χ3v) is 4.97. The molecule has 0 radical (unpaired) electrons. The minimum absolute atomic E-state index is 0.0208. The number of methoxy groups -OCH3 is 1. The number of aromatic nitrogens is 1. The molecule has 0 atom stereocenters. The molecule has 0 bridgehead atoms. The summed E-state index contributed by atoms with van der Waals surface area (Å²) in [5.74, 6) is 0.215. The molecule has 2 amide bonds. The zero-order chi connectivity index (χ0) is 21.5. The van der Waals surface area contributed by atoms with E-state index in [1.807, 2.05) is 43.5 Å². The number of hydrogen-bond acceptors (Lipinski definition) is 6. The van der Waals surface area contributed by atoms with Crippen molar-refractivity contribution >= 4 is 29.0 Å². The van der Waals surface area contributed by atoms with E-state index in [0.717, 1.165) is 16.3 Å². The van der Waals surface area contributed by atoms with Crippen LogP contribution in [0.1, 0.15) is 29.9 Å². The summed E-state index contributed by atoms with van der Waals surface area (Å²) < 4.78 is 10.7. The maximum absolute atomic E-state index is 12.6. The Morgan fingerprint density at radius 2 is 1.93 bits per heavy atom. The number of thiazole rings is 1. The van der Waals surface area contributed by atoms with Crippen molar-refractivity contribution in [3.8, 4) is 16.3 Å². The van der Waals surface area contributed by atoms with Crippen LogP contribution < -0.4 is 15.4 Å². The number of rotatable bonds is 7. The van der Waals surface area contributed by atoms with Gasteiger partial charge >= 0.3 is 12.0 Å². The SMILES string of the molecule is COc1cccc(-c2nc(COC(=O)c3ccccc3NC(=O)NC(C)C)cs2)c1. The predicted octanol–water partition coefficient (Wildman–Crippen LogP) is 4.71. The number of nitrogens with zero attached hydrogens (tertiary/aromatic N) is 1. The molecule has 156 valence electrons. The van der Waals surface area contributed by atoms with Gasteiger partial charge in [-0.05, 0) is 38.1 Å². The minimum atomic E-state index is -0.536. The van der Waals surface area contributed by atoms with Crippen molar-refractivity contribution in [3.05, 3.63) is 65.2 Å². The highest BCUT2D eigenvalue weighted by atomic mass is 32.1. The van der Waals surface area contributed by atoms with Crippen molar-refractivity contribution in [2.24, 2.45) is 0 Å². The van der Waals surface area contributed by atoms with Crippen LogP contribution in [0, 0.1) is 0 Å². The van der Waals surface area contributed by atoms with Gasteiger partial charge in [-0.1, -0.05) is 24.3 Å². The smallest absolute Gasteiger partial charge is 0.340 e. The number of esters is 1. The van der Waals surface area contributed by atoms with Crippen molar-refractivity contribution in [2.75, 3.05) is 12.4 Å². The molecule has 0 saturated carbocycles. The average Bonchev–Trinajstić information content (AvgIpc) is 3.21. The molecule has 30 heavy (non-hydrogen) atoms. The van der Waals surface area contributed by atoms with Gasteiger partial charge in [0.05, 0.1) is 24.1 Å². The number of urea groups is 1. The van der Waals surface area contributed by atoms with Crippen molar-refractivity contribution in [1.82, 2.24) is 10.3 Å². The maximum Gasteiger partial charge on any atom is 0.340 e. The van der Waals surface area contributed by atoms with Gasteiger partial charge in [-0.2, -0.15) is 0 Å². The van der Waals surface area contributed by atoms with E-state index in [-0.39, 0.29) is 24.2 Å². The molecule has 0 fully saturated rings. The summed E-state index contributed by atoms with van der Waals surface area (Å²) in [6.45, 7) is 3.74. The van der Waals surface area contributed by atoms with Crippen LogP contribution in [0.2, 0.25) is 0 Å². The van der Waals surface area contributed by atoms with Gasteiger partial charge in [-0.15, -0.1) is 11.3 Å². The molecule has 3 aromatic rings. The first-order valence-electron chi connectivity index (χ1n) is 9.38. The summed E-state index contributed by atoms with van der Waals surface area (Å²) in [6.07, 6.45) is 0. The van der Waals surface area contributed by atoms with Crippen LogP contribution in [-0.4, -0.2) is 30.1 Å². The summed E-state index contributed by atoms with van der Waals surface area (Å²) in [5, 5.41) is 8.06. The van der Waals surface area contributed by atoms with Crippen LogP contribution in [-0.2, 0) is 11.3 Å². The first kappa shape index (κ1) is 21.3. The lowest BCUT2D eigenvalue weighted by Crippen LogP contribution is -2.34. The number of carbonyl (C=O) groups is 2. The average molecular weight is 426 g/mol. The van der Waals surface area contributed by atoms with E-state index in [4.69, 9.17) is 9.47 Å². The Kier molecular flexibility index (Phi) is 7.03. The molecular weight excluding hydrogens is 402 g/mol. The fourth-order valence-electron chi connectivity index (χ4n) is 2.67. The van der Waals surface area contributed by atoms with Crippen molar-refractivity contribution in [2.45, 2.75) is 26.5 Å². The Balaban J connectivity index is 1.65. The van der Waals surface area contributed by atoms with Gasteiger partial charge in [0.2, 0.25) is 0 Å². The van der Waals surface area contributed by atoms with E-state index in [1.165, 1.54) is 11.3 Å². The Morgan fingerprint density at radius 1 is 1.13 bits per heavy atom. The van der Waals surface area contributed by atoms with E-state index in [2.05, 4.69) is 15.6 Å². The summed E-state index contributed by atoms with van der Waals surface area (Å²) in [7, 11) is 1.62. The zero-order valence-electron chi connectivity index (χ0n) is 17.0. The second kappa shape index (κ2) is 9.89. The number of hydrogen-bond donors (Lipinski definition) is 2. The molecule has 7 nitrogen and oxygen atoms in total. The summed E-state index contributed by atoms with van der Waals surface area (Å²) >= 11 is 1.46. The van der Waals surface area contributed by atoms with E-state index < -0.39 is 5.97 Å². The number of anilines is 1. The van der Waals surface area contributed by atoms with Crippen LogP contribution in [0.4, 0.5) is 10.5 Å². The quantitative estimate of drug-likeness (QED) is 0.535. The van der Waals surface area contributed by atoms with Crippen LogP contribution in [0.15, 0.2) is 53.9 Å². The molecule has 2 aromatic carbocycles. The summed E-state index contributed by atoms with van der Waals surface area (Å²) in [5.41, 5.74) is 2.24. The predicted molar refractivity (Wildman–Crippen MR) is 117 cm³/mol. The number of carbonyl (C=O) groups excluding carboxylic acids is 2. The molecule has 8 heteroatoms. The van der Waals surface area contributed by atoms with Crippen molar-refractivity contribution in [3.63, 3.8) is 0 Å². The third-order valence-electron chi connectivity index (χ3n) is 4.03. The van der Waals surface area contributed by atoms with E-state index in [0.29, 0.717) is 11.4 Å². The zero-order valence-corrected chi connectivity index (χ0v) is 17.8. The molecule has 1 heterocycles. The highest BCUT2D eigenvalue weighted by Crippen LogP contribution is 2.27. The van der Waals surface area contributed by atoms with Crippen molar-refractivity contribution in [1.29, 1.82) is 0 Å². The number of amides is 2. The Bertz CT molecular complexity index is 1030. The van der Waals surface area contributed by atoms with Crippen LogP contribution >= 0.6 is 11.3 Å². The molecule has 0 aliphatic rings. The monoisotopic (exact) mass is 425 g/mol. The second-order valence-corrected chi connectivity index (χ2v) is 7.61. The first-order valence-corrected chi connectivity index (χ1v) is 10.3. The maximum atomic E-state index is 12.6. The van der Waals surface area contributed by atoms with Crippen LogP contribution in [0.25, 0.3) is 10.6 Å². The topological polar surface area (TPSA) is 89.6 Å². The van der Waals surface area contributed by atoms with E-state index in [9.17, 15) is 9.59 Å². The number of nitrogens with one attached hydrogen (secondary N) is 2. The Hall–Kier alpha value is -3.39. The van der Waals surface area contributed by atoms with Crippen LogP contribution in [0.3, 0.4) is 0 Å². The molecule has 0 saturated heterocycles. The van der Waals surface area contributed by atoms with Gasteiger partial charge in [-0.25, -0.2) is 14.6 Å². The fourth-order valence-corrected chi connectivity index (χ4v) is 3.47. The first-order chi connectivity index (χ1) is 14.5. The Morgan fingerprint density at radius 3 is 2.70 bits per heavy atom. The van der Waals surface area contributed by atoms with Gasteiger partial charge in [0.15, 0.2) is 0 Å². The van der Waals surface area contributed by atoms with Gasteiger partial charge in [0.1, 0.15) is 17.4 Å². The molecule has 0 spiro atoms. The number of para-hydroxylation sites is 1. The van der Waals surface area contributed by atoms with E-state index in [1.54, 1.807) is 31.4 Å². The van der Waals surface area contributed by atoms with Crippen molar-refractivity contribution < 1.29 is 19.1 Å². The van der Waals surface area contributed by atoms with Gasteiger partial charge in [0, 0.05) is 17.0 Å². The standard InChI is InChI=1S/C22H23N3O4S/c1-14(2)23-22(27)25-19-10-5-4-9-18(19)21(26)29-12-16-13-30-20(24-16)15-7-6-8-17(11-15)28-3/h4-11,13-14H,12H2,1-3H3,(H2,23,25,27). The minimum Gasteiger partial charge on any atom is -0.497 e. The summed E-state index contributed by atoms with van der Waals surface area (Å²) in [6, 6.07) is 13.9. The molecule has 2 N–H and O–H groups in total. The van der Waals surface area contributed by atoms with Gasteiger partial charge in [-0.3, -0.25) is 0 Å². The largest absolute Gasteiger partial charge is 0.497 e. The third kappa shape index (κ3) is 5.57. The fraction of sp³-hybridized carbons (Fsp3) is 0.227. The summed E-state index contributed by atoms with van der Waals surface area (Å²) in [4.78, 5) is 29.1. The molecular formula is C22H23N3O4S. The second-order valence-electron chi connectivity index (χ2n) is 6.75. The Labute approximate surface area is 179 Å². The van der Waals surface area contributed by atoms with Gasteiger partial charge in [0.25, 0.3) is 0 Å². The number of ether oxygens (including phenoxy) is 2. The normalized spacial score (nSPS) is 10.5.